The van der Waals surface area contributed by atoms with E-state index in [4.69, 9.17) is 5.73 Å². The Morgan fingerprint density at radius 2 is 1.92 bits per heavy atom. The highest BCUT2D eigenvalue weighted by Gasteiger charge is 2.30. The Morgan fingerprint density at radius 3 is 2.25 bits per heavy atom. The quantitative estimate of drug-likeness (QED) is 0.643. The highest BCUT2D eigenvalue weighted by atomic mass is 15.1. The number of nitrogens with zero attached hydrogens (tertiary/aromatic N) is 1. The largest absolute Gasteiger partial charge is 0.326 e. The van der Waals surface area contributed by atoms with E-state index in [0.29, 0.717) is 17.4 Å². The monoisotopic (exact) mass is 170 g/mol. The zero-order valence-electron chi connectivity index (χ0n) is 8.80. The fraction of sp³-hybridized carbons (Fsp3) is 1.00. The molecule has 0 saturated carbocycles. The van der Waals surface area contributed by atoms with Gasteiger partial charge in [-0.25, -0.2) is 0 Å². The van der Waals surface area contributed by atoms with E-state index in [9.17, 15) is 0 Å². The molecule has 1 aliphatic rings. The topological polar surface area (TPSA) is 29.3 Å². The van der Waals surface area contributed by atoms with E-state index in [1.807, 2.05) is 0 Å². The lowest BCUT2D eigenvalue weighted by molar-refractivity contribution is 0.280. The van der Waals surface area contributed by atoms with E-state index in [1.54, 1.807) is 0 Å². The zero-order valence-corrected chi connectivity index (χ0v) is 8.80. The molecule has 2 N–H and O–H groups in total. The molecular weight excluding hydrogens is 148 g/mol. The van der Waals surface area contributed by atoms with Crippen molar-refractivity contribution in [1.29, 1.82) is 0 Å². The molecule has 2 nitrogen and oxygen atoms in total. The average Bonchev–Trinajstić information content (AvgIpc) is 2.06. The van der Waals surface area contributed by atoms with E-state index in [0.717, 1.165) is 6.54 Å². The summed E-state index contributed by atoms with van der Waals surface area (Å²) in [7, 11) is 2.16. The minimum Gasteiger partial charge on any atom is -0.326 e. The van der Waals surface area contributed by atoms with Crippen LogP contribution in [0.15, 0.2) is 0 Å². The molecule has 2 unspecified atom stereocenters. The molecular formula is C10H22N2. The number of nitrogens with two attached hydrogens (primary N) is 1. The van der Waals surface area contributed by atoms with Gasteiger partial charge in [-0.05, 0) is 24.8 Å². The number of rotatable bonds is 1. The van der Waals surface area contributed by atoms with Crippen molar-refractivity contribution in [3.63, 3.8) is 0 Å². The van der Waals surface area contributed by atoms with Gasteiger partial charge in [0.25, 0.3) is 0 Å². The highest BCUT2D eigenvalue weighted by Crippen LogP contribution is 2.29. The molecule has 1 saturated heterocycles. The molecule has 1 fully saturated rings. The third-order valence-electron chi connectivity index (χ3n) is 2.55. The molecule has 72 valence electrons. The van der Waals surface area contributed by atoms with E-state index < -0.39 is 0 Å². The maximum atomic E-state index is 6.03. The zero-order chi connectivity index (χ0) is 9.35. The van der Waals surface area contributed by atoms with Gasteiger partial charge in [-0.3, -0.25) is 0 Å². The molecule has 12 heavy (non-hydrogen) atoms. The van der Waals surface area contributed by atoms with Crippen molar-refractivity contribution in [3.8, 4) is 0 Å². The Morgan fingerprint density at radius 1 is 1.33 bits per heavy atom. The molecule has 0 amide bonds. The van der Waals surface area contributed by atoms with Gasteiger partial charge in [0.2, 0.25) is 0 Å². The minimum absolute atomic E-state index is 0.397. The van der Waals surface area contributed by atoms with Crippen LogP contribution in [0.5, 0.6) is 0 Å². The van der Waals surface area contributed by atoms with Crippen LogP contribution in [0.1, 0.15) is 27.2 Å². The Hall–Kier alpha value is -0.0800. The van der Waals surface area contributed by atoms with Crippen molar-refractivity contribution in [2.24, 2.45) is 17.1 Å². The van der Waals surface area contributed by atoms with Crippen molar-refractivity contribution in [2.75, 3.05) is 20.1 Å². The minimum atomic E-state index is 0.397. The summed E-state index contributed by atoms with van der Waals surface area (Å²) in [5, 5.41) is 0. The van der Waals surface area contributed by atoms with Crippen molar-refractivity contribution in [3.05, 3.63) is 0 Å². The van der Waals surface area contributed by atoms with Crippen LogP contribution in [0.2, 0.25) is 0 Å². The molecule has 1 heterocycles. The van der Waals surface area contributed by atoms with Crippen LogP contribution in [0.25, 0.3) is 0 Å². The van der Waals surface area contributed by atoms with E-state index in [2.05, 4.69) is 32.7 Å². The summed E-state index contributed by atoms with van der Waals surface area (Å²) in [6, 6.07) is 0.397. The molecule has 0 bridgehead atoms. The number of hydrogen-bond donors (Lipinski definition) is 1. The highest BCUT2D eigenvalue weighted by molar-refractivity contribution is 4.87. The van der Waals surface area contributed by atoms with E-state index in [-0.39, 0.29) is 0 Å². The SMILES string of the molecule is CN1CC(N)C(CC(C)(C)C)C1. The maximum absolute atomic E-state index is 6.03. The molecule has 2 heteroatoms. The molecule has 0 aromatic heterocycles. The predicted molar refractivity (Wildman–Crippen MR) is 53.0 cm³/mol. The van der Waals surface area contributed by atoms with Crippen molar-refractivity contribution in [2.45, 2.75) is 33.2 Å². The van der Waals surface area contributed by atoms with Gasteiger partial charge in [0.15, 0.2) is 0 Å². The smallest absolute Gasteiger partial charge is 0.0208 e. The van der Waals surface area contributed by atoms with Crippen LogP contribution in [-0.2, 0) is 0 Å². The third kappa shape index (κ3) is 2.76. The fourth-order valence-electron chi connectivity index (χ4n) is 2.12. The lowest BCUT2D eigenvalue weighted by Gasteiger charge is -2.24. The van der Waals surface area contributed by atoms with Crippen molar-refractivity contribution < 1.29 is 0 Å². The van der Waals surface area contributed by atoms with Crippen LogP contribution in [0, 0.1) is 11.3 Å². The van der Waals surface area contributed by atoms with Crippen LogP contribution in [0.3, 0.4) is 0 Å². The van der Waals surface area contributed by atoms with Gasteiger partial charge >= 0.3 is 0 Å². The first-order chi connectivity index (χ1) is 5.38. The number of likely N-dealkylation sites (tertiary alicyclic amines) is 1. The summed E-state index contributed by atoms with van der Waals surface area (Å²) in [5.74, 6) is 0.704. The predicted octanol–water partition coefficient (Wildman–Crippen LogP) is 1.31. The van der Waals surface area contributed by atoms with Crippen molar-refractivity contribution >= 4 is 0 Å². The van der Waals surface area contributed by atoms with E-state index >= 15 is 0 Å². The first kappa shape index (κ1) is 10.0. The lowest BCUT2D eigenvalue weighted by atomic mass is 9.83. The summed E-state index contributed by atoms with van der Waals surface area (Å²) in [4.78, 5) is 2.33. The standard InChI is InChI=1S/C10H22N2/c1-10(2,3)5-8-6-12(4)7-9(8)11/h8-9H,5-7,11H2,1-4H3. The van der Waals surface area contributed by atoms with Gasteiger partial charge in [0.1, 0.15) is 0 Å². The van der Waals surface area contributed by atoms with E-state index in [1.165, 1.54) is 13.0 Å². The van der Waals surface area contributed by atoms with Gasteiger partial charge in [0, 0.05) is 19.1 Å². The first-order valence-corrected chi connectivity index (χ1v) is 4.82. The Labute approximate surface area is 76.1 Å². The van der Waals surface area contributed by atoms with Crippen LogP contribution >= 0.6 is 0 Å². The third-order valence-corrected chi connectivity index (χ3v) is 2.55. The first-order valence-electron chi connectivity index (χ1n) is 4.82. The molecule has 0 aromatic carbocycles. The van der Waals surface area contributed by atoms with Crippen LogP contribution in [0.4, 0.5) is 0 Å². The van der Waals surface area contributed by atoms with Gasteiger partial charge in [0.05, 0.1) is 0 Å². The molecule has 2 atom stereocenters. The summed E-state index contributed by atoms with van der Waals surface area (Å²) >= 11 is 0. The second kappa shape index (κ2) is 3.35. The Balaban J connectivity index is 2.43. The number of likely N-dealkylation sites (N-methyl/N-ethyl adjacent to an activating group) is 1. The molecule has 0 aromatic rings. The molecule has 1 rings (SSSR count). The second-order valence-corrected chi connectivity index (χ2v) is 5.41. The normalized spacial score (nSPS) is 32.8. The average molecular weight is 170 g/mol. The molecule has 0 spiro atoms. The summed E-state index contributed by atoms with van der Waals surface area (Å²) in [5.41, 5.74) is 6.46. The summed E-state index contributed by atoms with van der Waals surface area (Å²) < 4.78 is 0. The fourth-order valence-corrected chi connectivity index (χ4v) is 2.12. The van der Waals surface area contributed by atoms with Gasteiger partial charge in [-0.1, -0.05) is 20.8 Å². The number of hydrogen-bond acceptors (Lipinski definition) is 2. The molecule has 0 radical (unpaired) electrons. The Bertz CT molecular complexity index is 148. The second-order valence-electron chi connectivity index (χ2n) is 5.41. The molecule has 0 aliphatic carbocycles. The Kier molecular flexibility index (Phi) is 2.79. The summed E-state index contributed by atoms with van der Waals surface area (Å²) in [6.45, 7) is 9.12. The maximum Gasteiger partial charge on any atom is 0.0208 e. The van der Waals surface area contributed by atoms with Crippen LogP contribution < -0.4 is 5.73 Å². The summed E-state index contributed by atoms with van der Waals surface area (Å²) in [6.07, 6.45) is 1.25. The van der Waals surface area contributed by atoms with Gasteiger partial charge < -0.3 is 10.6 Å². The van der Waals surface area contributed by atoms with Gasteiger partial charge in [-0.2, -0.15) is 0 Å². The molecule has 1 aliphatic heterocycles. The van der Waals surface area contributed by atoms with Crippen LogP contribution in [-0.4, -0.2) is 31.1 Å². The lowest BCUT2D eigenvalue weighted by Crippen LogP contribution is -2.31. The van der Waals surface area contributed by atoms with Gasteiger partial charge in [-0.15, -0.1) is 0 Å². The van der Waals surface area contributed by atoms with Crippen molar-refractivity contribution in [1.82, 2.24) is 4.90 Å².